The van der Waals surface area contributed by atoms with E-state index in [1.165, 1.54) is 51.4 Å². The molecule has 0 rings (SSSR count). The Hall–Kier alpha value is 0.680. The summed E-state index contributed by atoms with van der Waals surface area (Å²) in [5.41, 5.74) is 0. The number of carbonyl (C=O) groups is 1. The van der Waals surface area contributed by atoms with Gasteiger partial charge in [0, 0.05) is 6.42 Å². The predicted octanol–water partition coefficient (Wildman–Crippen LogP) is 0.760. The molecule has 0 aromatic heterocycles. The topological polar surface area (TPSA) is 26.3 Å². The van der Waals surface area contributed by atoms with Crippen molar-refractivity contribution in [3.63, 3.8) is 0 Å². The fraction of sp³-hybridized carbons (Fsp3) is 0.762. The first-order valence-corrected chi connectivity index (χ1v) is 9.66. The van der Waals surface area contributed by atoms with Gasteiger partial charge >= 0.3 is 35.5 Å². The van der Waals surface area contributed by atoms with E-state index < -0.39 is 0 Å². The minimum atomic E-state index is -0.0503. The zero-order valence-corrected chi connectivity index (χ0v) is 21.2. The molecule has 0 aliphatic carbocycles. The van der Waals surface area contributed by atoms with Crippen LogP contribution in [0.15, 0.2) is 24.3 Å². The van der Waals surface area contributed by atoms with Crippen LogP contribution >= 0.6 is 0 Å². The first-order chi connectivity index (χ1) is 11.2. The van der Waals surface area contributed by atoms with Gasteiger partial charge in [-0.1, -0.05) is 63.3 Å². The van der Waals surface area contributed by atoms with Gasteiger partial charge in [-0.2, -0.15) is 0 Å². The SMILES string of the molecule is CCCCC/C=C\C/C=C\CCCCCCCC(=O)OC(C)C.[I-].[Na+]. The minimum absolute atomic E-state index is 0. The molecule has 0 saturated heterocycles. The Kier molecular flexibility index (Phi) is 30.0. The van der Waals surface area contributed by atoms with Crippen molar-refractivity contribution >= 4 is 5.97 Å². The van der Waals surface area contributed by atoms with Gasteiger partial charge in [0.1, 0.15) is 0 Å². The van der Waals surface area contributed by atoms with E-state index in [0.29, 0.717) is 6.42 Å². The third-order valence-electron chi connectivity index (χ3n) is 3.70. The van der Waals surface area contributed by atoms with Crippen molar-refractivity contribution < 1.29 is 63.1 Å². The largest absolute Gasteiger partial charge is 1.00 e. The van der Waals surface area contributed by atoms with Crippen molar-refractivity contribution in [2.24, 2.45) is 0 Å². The molecule has 0 unspecified atom stereocenters. The average Bonchev–Trinajstić information content (AvgIpc) is 2.50. The summed E-state index contributed by atoms with van der Waals surface area (Å²) in [5.74, 6) is -0.0503. The summed E-state index contributed by atoms with van der Waals surface area (Å²) in [7, 11) is 0. The Balaban J connectivity index is -0.00000242. The van der Waals surface area contributed by atoms with Gasteiger partial charge in [0.15, 0.2) is 0 Å². The predicted molar refractivity (Wildman–Crippen MR) is 101 cm³/mol. The van der Waals surface area contributed by atoms with Crippen molar-refractivity contribution in [2.75, 3.05) is 0 Å². The van der Waals surface area contributed by atoms with Crippen LogP contribution in [-0.2, 0) is 9.53 Å². The van der Waals surface area contributed by atoms with Crippen molar-refractivity contribution in [3.8, 4) is 0 Å². The maximum atomic E-state index is 11.4. The molecule has 0 aliphatic rings. The quantitative estimate of drug-likeness (QED) is 0.116. The van der Waals surface area contributed by atoms with E-state index in [1.54, 1.807) is 0 Å². The van der Waals surface area contributed by atoms with Gasteiger partial charge in [-0.15, -0.1) is 0 Å². The van der Waals surface area contributed by atoms with E-state index in [4.69, 9.17) is 4.74 Å². The molecule has 142 valence electrons. The summed E-state index contributed by atoms with van der Waals surface area (Å²) >= 11 is 0. The van der Waals surface area contributed by atoms with Crippen LogP contribution < -0.4 is 53.5 Å². The van der Waals surface area contributed by atoms with Crippen LogP contribution in [0.3, 0.4) is 0 Å². The molecule has 2 nitrogen and oxygen atoms in total. The van der Waals surface area contributed by atoms with Crippen LogP contribution in [0.5, 0.6) is 0 Å². The zero-order chi connectivity index (χ0) is 17.2. The molecule has 0 atom stereocenters. The number of rotatable bonds is 15. The Morgan fingerprint density at radius 3 is 1.92 bits per heavy atom. The van der Waals surface area contributed by atoms with E-state index in [0.717, 1.165) is 19.3 Å². The normalized spacial score (nSPS) is 10.9. The Labute approximate surface area is 195 Å². The van der Waals surface area contributed by atoms with E-state index in [2.05, 4.69) is 31.2 Å². The molecule has 25 heavy (non-hydrogen) atoms. The third-order valence-corrected chi connectivity index (χ3v) is 3.70. The monoisotopic (exact) mass is 472 g/mol. The Morgan fingerprint density at radius 1 is 0.840 bits per heavy atom. The molecule has 0 N–H and O–H groups in total. The summed E-state index contributed by atoms with van der Waals surface area (Å²) in [5, 5.41) is 0. The van der Waals surface area contributed by atoms with Gasteiger partial charge in [0.25, 0.3) is 0 Å². The first-order valence-electron chi connectivity index (χ1n) is 9.66. The molecule has 0 aromatic carbocycles. The molecular formula is C21H38INaO2. The number of hydrogen-bond acceptors (Lipinski definition) is 2. The number of ether oxygens (including phenoxy) is 1. The summed E-state index contributed by atoms with van der Waals surface area (Å²) in [6.45, 7) is 6.04. The van der Waals surface area contributed by atoms with E-state index >= 15 is 0 Å². The number of hydrogen-bond donors (Lipinski definition) is 0. The zero-order valence-electron chi connectivity index (χ0n) is 17.1. The first kappa shape index (κ1) is 30.4. The van der Waals surface area contributed by atoms with Gasteiger partial charge in [-0.3, -0.25) is 4.79 Å². The molecular weight excluding hydrogens is 434 g/mol. The van der Waals surface area contributed by atoms with Gasteiger partial charge in [0.2, 0.25) is 0 Å². The number of halogens is 1. The smallest absolute Gasteiger partial charge is 1.00 e. The van der Waals surface area contributed by atoms with Crippen molar-refractivity contribution in [2.45, 2.75) is 104 Å². The molecule has 0 saturated carbocycles. The van der Waals surface area contributed by atoms with Crippen LogP contribution in [0, 0.1) is 0 Å². The number of allylic oxidation sites excluding steroid dienone is 4. The van der Waals surface area contributed by atoms with E-state index in [-0.39, 0.29) is 65.6 Å². The maximum Gasteiger partial charge on any atom is 1.00 e. The van der Waals surface area contributed by atoms with Gasteiger partial charge in [-0.25, -0.2) is 0 Å². The minimum Gasteiger partial charge on any atom is -1.00 e. The summed E-state index contributed by atoms with van der Waals surface area (Å²) in [4.78, 5) is 11.4. The van der Waals surface area contributed by atoms with E-state index in [9.17, 15) is 4.79 Å². The second-order valence-corrected chi connectivity index (χ2v) is 6.52. The third kappa shape index (κ3) is 27.0. The van der Waals surface area contributed by atoms with Gasteiger partial charge in [-0.05, 0) is 52.4 Å². The second kappa shape index (κ2) is 24.7. The van der Waals surface area contributed by atoms with Crippen molar-refractivity contribution in [1.82, 2.24) is 0 Å². The fourth-order valence-electron chi connectivity index (χ4n) is 2.40. The Morgan fingerprint density at radius 2 is 1.36 bits per heavy atom. The molecule has 0 bridgehead atoms. The van der Waals surface area contributed by atoms with Crippen molar-refractivity contribution in [1.29, 1.82) is 0 Å². The Bertz CT molecular complexity index is 328. The van der Waals surface area contributed by atoms with E-state index in [1.807, 2.05) is 13.8 Å². The van der Waals surface area contributed by atoms with Crippen molar-refractivity contribution in [3.05, 3.63) is 24.3 Å². The molecule has 0 amide bonds. The summed E-state index contributed by atoms with van der Waals surface area (Å²) in [6.07, 6.45) is 23.0. The molecule has 0 heterocycles. The maximum absolute atomic E-state index is 11.4. The van der Waals surface area contributed by atoms with Crippen LogP contribution in [0.1, 0.15) is 97.8 Å². The molecule has 0 spiro atoms. The molecule has 0 aromatic rings. The second-order valence-electron chi connectivity index (χ2n) is 6.52. The van der Waals surface area contributed by atoms with Crippen LogP contribution in [0.2, 0.25) is 0 Å². The molecule has 0 radical (unpaired) electrons. The van der Waals surface area contributed by atoms with Crippen LogP contribution in [0.4, 0.5) is 0 Å². The summed E-state index contributed by atoms with van der Waals surface area (Å²) in [6, 6.07) is 0. The fourth-order valence-corrected chi connectivity index (χ4v) is 2.40. The van der Waals surface area contributed by atoms with Crippen LogP contribution in [0.25, 0.3) is 0 Å². The molecule has 0 aliphatic heterocycles. The number of carbonyl (C=O) groups excluding carboxylic acids is 1. The van der Waals surface area contributed by atoms with Gasteiger partial charge < -0.3 is 28.7 Å². The van der Waals surface area contributed by atoms with Crippen LogP contribution in [-0.4, -0.2) is 12.1 Å². The van der Waals surface area contributed by atoms with Gasteiger partial charge in [0.05, 0.1) is 6.10 Å². The average molecular weight is 472 g/mol. The number of unbranched alkanes of at least 4 members (excludes halogenated alkanes) is 8. The molecule has 4 heteroatoms. The standard InChI is InChI=1S/C21H38O2.HI.Na/c1-4-5-6-7-8-9-10-11-12-13-14-15-16-17-18-19-21(22)23-20(2)3;;/h8-9,11-12,20H,4-7,10,13-19H2,1-3H3;1H;/q;;+1/p-1/b9-8-,12-11-;;. The summed E-state index contributed by atoms with van der Waals surface area (Å²) < 4.78 is 5.12. The number of esters is 1. The molecule has 0 fully saturated rings.